The molecule has 1 unspecified atom stereocenters. The van der Waals surface area contributed by atoms with E-state index in [0.717, 1.165) is 37.2 Å². The summed E-state index contributed by atoms with van der Waals surface area (Å²) in [5.74, 6) is -0.301. The van der Waals surface area contributed by atoms with E-state index in [1.54, 1.807) is 0 Å². The van der Waals surface area contributed by atoms with E-state index >= 15 is 0 Å². The van der Waals surface area contributed by atoms with Crippen molar-refractivity contribution in [3.8, 4) is 0 Å². The summed E-state index contributed by atoms with van der Waals surface area (Å²) < 4.78 is 35.2. The zero-order valence-corrected chi connectivity index (χ0v) is 13.8. The third-order valence-corrected chi connectivity index (χ3v) is 5.74. The molecule has 23 heavy (non-hydrogen) atoms. The van der Waals surface area contributed by atoms with E-state index in [2.05, 4.69) is 4.90 Å². The summed E-state index contributed by atoms with van der Waals surface area (Å²) in [7, 11) is -4.66. The molecular formula is C16H21FN2O3S. The van der Waals surface area contributed by atoms with Crippen molar-refractivity contribution in [3.05, 3.63) is 29.8 Å². The minimum atomic E-state index is -4.66. The minimum Gasteiger partial charge on any atom is -0.371 e. The van der Waals surface area contributed by atoms with Crippen molar-refractivity contribution in [2.24, 2.45) is 0 Å². The molecule has 2 aliphatic rings. The maximum absolute atomic E-state index is 13.1. The Bertz CT molecular complexity index is 686. The number of rotatable bonds is 4. The number of likely N-dealkylation sites (tertiary alicyclic amines) is 1. The third-order valence-electron chi connectivity index (χ3n) is 4.63. The van der Waals surface area contributed by atoms with Gasteiger partial charge >= 0.3 is 10.2 Å². The first-order chi connectivity index (χ1) is 10.9. The third kappa shape index (κ3) is 3.65. The van der Waals surface area contributed by atoms with Gasteiger partial charge < -0.3 is 9.80 Å². The Labute approximate surface area is 136 Å². The molecule has 0 aliphatic carbocycles. The van der Waals surface area contributed by atoms with Gasteiger partial charge in [-0.25, -0.2) is 0 Å². The molecule has 0 spiro atoms. The molecule has 2 aliphatic heterocycles. The summed E-state index contributed by atoms with van der Waals surface area (Å²) in [5, 5.41) is -1.22. The zero-order valence-electron chi connectivity index (χ0n) is 12.9. The van der Waals surface area contributed by atoms with Crippen LogP contribution in [0.3, 0.4) is 0 Å². The fraction of sp³-hybridized carbons (Fsp3) is 0.562. The highest BCUT2D eigenvalue weighted by Crippen LogP contribution is 2.28. The van der Waals surface area contributed by atoms with E-state index in [-0.39, 0.29) is 18.9 Å². The number of benzene rings is 1. The van der Waals surface area contributed by atoms with Crippen LogP contribution >= 0.6 is 0 Å². The number of carbonyl (C=O) groups is 1. The van der Waals surface area contributed by atoms with Crippen LogP contribution in [0.2, 0.25) is 0 Å². The van der Waals surface area contributed by atoms with E-state index < -0.39 is 15.5 Å². The number of halogens is 1. The number of carbonyl (C=O) groups excluding carboxylic acids is 1. The highest BCUT2D eigenvalue weighted by Gasteiger charge is 2.38. The minimum absolute atomic E-state index is 0.0635. The van der Waals surface area contributed by atoms with Crippen molar-refractivity contribution in [1.29, 1.82) is 0 Å². The molecule has 7 heteroatoms. The molecule has 1 aromatic rings. The van der Waals surface area contributed by atoms with Gasteiger partial charge in [0.2, 0.25) is 5.91 Å². The van der Waals surface area contributed by atoms with Gasteiger partial charge in [0.15, 0.2) is 0 Å². The molecule has 0 saturated carbocycles. The molecule has 3 rings (SSSR count). The quantitative estimate of drug-likeness (QED) is 0.788. The molecule has 0 N–H and O–H groups in total. The Morgan fingerprint density at radius 3 is 2.48 bits per heavy atom. The van der Waals surface area contributed by atoms with Crippen LogP contribution in [-0.2, 0) is 21.6 Å². The Hall–Kier alpha value is -1.63. The van der Waals surface area contributed by atoms with Gasteiger partial charge in [-0.1, -0.05) is 18.2 Å². The fourth-order valence-electron chi connectivity index (χ4n) is 3.37. The van der Waals surface area contributed by atoms with Gasteiger partial charge in [-0.15, -0.1) is 3.89 Å². The highest BCUT2D eigenvalue weighted by molar-refractivity contribution is 7.87. The van der Waals surface area contributed by atoms with Crippen LogP contribution in [0.25, 0.3) is 0 Å². The van der Waals surface area contributed by atoms with Gasteiger partial charge in [0, 0.05) is 38.3 Å². The summed E-state index contributed by atoms with van der Waals surface area (Å²) in [6, 6.07) is 7.86. The first kappa shape index (κ1) is 16.2. The Balaban J connectivity index is 1.77. The molecule has 2 saturated heterocycles. The number of hydrogen-bond acceptors (Lipinski definition) is 4. The SMILES string of the molecule is O=C1CC(S(=O)(=O)F)CN1Cc1ccccc1N1CCCCC1. The monoisotopic (exact) mass is 340 g/mol. The van der Waals surface area contributed by atoms with Crippen molar-refractivity contribution < 1.29 is 17.1 Å². The molecule has 1 atom stereocenters. The highest BCUT2D eigenvalue weighted by atomic mass is 32.3. The van der Waals surface area contributed by atoms with Gasteiger partial charge in [-0.05, 0) is 30.9 Å². The molecule has 126 valence electrons. The number of nitrogens with zero attached hydrogens (tertiary/aromatic N) is 2. The smallest absolute Gasteiger partial charge is 0.307 e. The van der Waals surface area contributed by atoms with E-state index in [1.807, 2.05) is 24.3 Å². The van der Waals surface area contributed by atoms with E-state index in [9.17, 15) is 17.1 Å². The van der Waals surface area contributed by atoms with Crippen molar-refractivity contribution in [2.45, 2.75) is 37.5 Å². The first-order valence-electron chi connectivity index (χ1n) is 7.99. The van der Waals surface area contributed by atoms with Crippen LogP contribution in [-0.4, -0.2) is 44.1 Å². The van der Waals surface area contributed by atoms with E-state index in [4.69, 9.17) is 0 Å². The fourth-order valence-corrected chi connectivity index (χ4v) is 4.07. The number of anilines is 1. The maximum Gasteiger partial charge on any atom is 0.307 e. The average molecular weight is 340 g/mol. The van der Waals surface area contributed by atoms with Crippen LogP contribution in [0.15, 0.2) is 24.3 Å². The second kappa shape index (κ2) is 6.47. The van der Waals surface area contributed by atoms with Gasteiger partial charge in [0.05, 0.1) is 0 Å². The largest absolute Gasteiger partial charge is 0.371 e. The second-order valence-electron chi connectivity index (χ2n) is 6.25. The molecule has 0 bridgehead atoms. The van der Waals surface area contributed by atoms with Crippen LogP contribution in [0.5, 0.6) is 0 Å². The van der Waals surface area contributed by atoms with Gasteiger partial charge in [0.25, 0.3) is 0 Å². The first-order valence-corrected chi connectivity index (χ1v) is 9.44. The normalized spacial score (nSPS) is 22.7. The standard InChI is InChI=1S/C16H21FN2O3S/c17-23(21,22)14-10-16(20)19(12-14)11-13-6-2-3-7-15(13)18-8-4-1-5-9-18/h2-3,6-7,14H,1,4-5,8-12H2. The molecule has 0 radical (unpaired) electrons. The predicted molar refractivity (Wildman–Crippen MR) is 86.4 cm³/mol. The summed E-state index contributed by atoms with van der Waals surface area (Å²) in [5.41, 5.74) is 2.08. The van der Waals surface area contributed by atoms with Gasteiger partial charge in [0.1, 0.15) is 5.25 Å². The number of amides is 1. The van der Waals surface area contributed by atoms with E-state index in [0.29, 0.717) is 6.54 Å². The lowest BCUT2D eigenvalue weighted by atomic mass is 10.1. The molecule has 1 aromatic carbocycles. The lowest BCUT2D eigenvalue weighted by Crippen LogP contribution is -2.32. The maximum atomic E-state index is 13.1. The van der Waals surface area contributed by atoms with Crippen LogP contribution in [0, 0.1) is 0 Å². The Kier molecular flexibility index (Phi) is 4.57. The lowest BCUT2D eigenvalue weighted by molar-refractivity contribution is -0.128. The molecule has 5 nitrogen and oxygen atoms in total. The van der Waals surface area contributed by atoms with Crippen molar-refractivity contribution in [3.63, 3.8) is 0 Å². The number of hydrogen-bond donors (Lipinski definition) is 0. The van der Waals surface area contributed by atoms with Crippen molar-refractivity contribution >= 4 is 21.8 Å². The number of para-hydroxylation sites is 1. The zero-order chi connectivity index (χ0) is 16.4. The van der Waals surface area contributed by atoms with Crippen LogP contribution in [0.1, 0.15) is 31.2 Å². The number of piperidine rings is 1. The van der Waals surface area contributed by atoms with Crippen molar-refractivity contribution in [1.82, 2.24) is 4.90 Å². The van der Waals surface area contributed by atoms with Crippen LogP contribution in [0.4, 0.5) is 9.57 Å². The summed E-state index contributed by atoms with van der Waals surface area (Å²) in [4.78, 5) is 15.8. The lowest BCUT2D eigenvalue weighted by Gasteiger charge is -2.31. The Morgan fingerprint density at radius 2 is 1.83 bits per heavy atom. The van der Waals surface area contributed by atoms with Crippen molar-refractivity contribution in [2.75, 3.05) is 24.5 Å². The Morgan fingerprint density at radius 1 is 1.13 bits per heavy atom. The average Bonchev–Trinajstić information content (AvgIpc) is 2.90. The van der Waals surface area contributed by atoms with E-state index in [1.165, 1.54) is 11.3 Å². The molecule has 2 fully saturated rings. The summed E-state index contributed by atoms with van der Waals surface area (Å²) >= 11 is 0. The summed E-state index contributed by atoms with van der Waals surface area (Å²) in [6.45, 7) is 2.25. The molecule has 0 aromatic heterocycles. The van der Waals surface area contributed by atoms with Gasteiger partial charge in [-0.3, -0.25) is 4.79 Å². The molecular weight excluding hydrogens is 319 g/mol. The topological polar surface area (TPSA) is 57.7 Å². The summed E-state index contributed by atoms with van der Waals surface area (Å²) in [6.07, 6.45) is 3.28. The van der Waals surface area contributed by atoms with Gasteiger partial charge in [-0.2, -0.15) is 8.42 Å². The molecule has 2 heterocycles. The van der Waals surface area contributed by atoms with Crippen LogP contribution < -0.4 is 4.90 Å². The predicted octanol–water partition coefficient (Wildman–Crippen LogP) is 2.08. The second-order valence-corrected chi connectivity index (χ2v) is 7.87. The molecule has 1 amide bonds.